The maximum Gasteiger partial charge on any atom is 0.253 e. The van der Waals surface area contributed by atoms with E-state index in [4.69, 9.17) is 4.74 Å². The Morgan fingerprint density at radius 2 is 2.27 bits per heavy atom. The Kier molecular flexibility index (Phi) is 5.96. The van der Waals surface area contributed by atoms with Gasteiger partial charge in [-0.25, -0.2) is 8.42 Å². The van der Waals surface area contributed by atoms with Crippen LogP contribution in [0, 0.1) is 6.92 Å². The van der Waals surface area contributed by atoms with Crippen molar-refractivity contribution in [3.05, 3.63) is 17.0 Å². The summed E-state index contributed by atoms with van der Waals surface area (Å²) >= 11 is 1.24. The average Bonchev–Trinajstić information content (AvgIpc) is 3.12. The summed E-state index contributed by atoms with van der Waals surface area (Å²) in [5.41, 5.74) is 0. The highest BCUT2D eigenvalue weighted by atomic mass is 32.2. The number of methoxy groups -OCH3 is 1. The lowest BCUT2D eigenvalue weighted by Crippen LogP contribution is -2.46. The van der Waals surface area contributed by atoms with Crippen LogP contribution in [0.2, 0.25) is 0 Å². The van der Waals surface area contributed by atoms with E-state index in [0.29, 0.717) is 43.2 Å². The number of nitrogens with one attached hydrogen (secondary N) is 1. The minimum absolute atomic E-state index is 0.217. The maximum absolute atomic E-state index is 12.7. The fraction of sp³-hybridized carbons (Fsp3) is 0.643. The van der Waals surface area contributed by atoms with Gasteiger partial charge in [0.15, 0.2) is 0 Å². The lowest BCUT2D eigenvalue weighted by Gasteiger charge is -2.22. The van der Waals surface area contributed by atoms with Gasteiger partial charge in [0.05, 0.1) is 0 Å². The van der Waals surface area contributed by atoms with Crippen LogP contribution < -0.4 is 5.32 Å². The Morgan fingerprint density at radius 3 is 2.91 bits per heavy atom. The van der Waals surface area contributed by atoms with Crippen molar-refractivity contribution in [2.24, 2.45) is 0 Å². The molecule has 124 valence electrons. The lowest BCUT2D eigenvalue weighted by atomic mass is 10.2. The number of rotatable bonds is 7. The minimum atomic E-state index is -3.58. The summed E-state index contributed by atoms with van der Waals surface area (Å²) in [6.07, 6.45) is 1.99. The van der Waals surface area contributed by atoms with E-state index < -0.39 is 16.1 Å². The second-order valence-electron chi connectivity index (χ2n) is 5.28. The van der Waals surface area contributed by atoms with Crippen LogP contribution in [0.1, 0.15) is 24.1 Å². The van der Waals surface area contributed by atoms with Gasteiger partial charge >= 0.3 is 0 Å². The largest absolute Gasteiger partial charge is 0.385 e. The fourth-order valence-electron chi connectivity index (χ4n) is 2.50. The normalized spacial score (nSPS) is 19.5. The van der Waals surface area contributed by atoms with Crippen molar-refractivity contribution in [3.8, 4) is 0 Å². The molecule has 1 unspecified atom stereocenters. The number of hydrogen-bond acceptors (Lipinski definition) is 5. The molecule has 1 aromatic rings. The molecule has 0 radical (unpaired) electrons. The summed E-state index contributed by atoms with van der Waals surface area (Å²) in [4.78, 5) is 13.2. The van der Waals surface area contributed by atoms with Crippen LogP contribution in [-0.2, 0) is 19.6 Å². The quantitative estimate of drug-likeness (QED) is 0.757. The number of aryl methyl sites for hydroxylation is 1. The zero-order valence-corrected chi connectivity index (χ0v) is 14.5. The van der Waals surface area contributed by atoms with Crippen molar-refractivity contribution in [3.63, 3.8) is 0 Å². The predicted octanol–water partition coefficient (Wildman–Crippen LogP) is 1.36. The molecule has 1 fully saturated rings. The van der Waals surface area contributed by atoms with Crippen molar-refractivity contribution >= 4 is 27.3 Å². The SMILES string of the molecule is COCCCNC(=O)C1CCCN1S(=O)(=O)c1ccc(C)s1. The molecule has 8 heteroatoms. The molecule has 0 aromatic carbocycles. The second-order valence-corrected chi connectivity index (χ2v) is 8.68. The van der Waals surface area contributed by atoms with E-state index in [0.717, 1.165) is 4.88 Å². The molecule has 6 nitrogen and oxygen atoms in total. The van der Waals surface area contributed by atoms with Crippen molar-refractivity contribution in [1.82, 2.24) is 9.62 Å². The zero-order chi connectivity index (χ0) is 16.2. The van der Waals surface area contributed by atoms with Gasteiger partial charge in [-0.2, -0.15) is 4.31 Å². The molecule has 1 atom stereocenters. The maximum atomic E-state index is 12.7. The molecule has 1 amide bonds. The van der Waals surface area contributed by atoms with E-state index in [1.54, 1.807) is 19.2 Å². The Labute approximate surface area is 135 Å². The standard InChI is InChI=1S/C14H22N2O4S2/c1-11-6-7-13(21-11)22(18,19)16-9-3-5-12(16)14(17)15-8-4-10-20-2/h6-7,12H,3-5,8-10H2,1-2H3,(H,15,17). The third kappa shape index (κ3) is 3.87. The fourth-order valence-corrected chi connectivity index (χ4v) is 5.57. The molecule has 2 rings (SSSR count). The number of carbonyl (C=O) groups excluding carboxylic acids is 1. The molecule has 1 aliphatic heterocycles. The van der Waals surface area contributed by atoms with E-state index in [9.17, 15) is 13.2 Å². The van der Waals surface area contributed by atoms with Crippen LogP contribution in [-0.4, -0.2) is 51.5 Å². The Morgan fingerprint density at radius 1 is 1.50 bits per heavy atom. The van der Waals surface area contributed by atoms with E-state index in [1.807, 2.05) is 6.92 Å². The van der Waals surface area contributed by atoms with Gasteiger partial charge in [0.2, 0.25) is 5.91 Å². The molecule has 2 heterocycles. The van der Waals surface area contributed by atoms with Crippen LogP contribution in [0.4, 0.5) is 0 Å². The minimum Gasteiger partial charge on any atom is -0.385 e. The highest BCUT2D eigenvalue weighted by Crippen LogP contribution is 2.30. The molecule has 1 aliphatic rings. The first-order valence-electron chi connectivity index (χ1n) is 7.31. The number of thiophene rings is 1. The van der Waals surface area contributed by atoms with Gasteiger partial charge in [-0.3, -0.25) is 4.79 Å². The van der Waals surface area contributed by atoms with E-state index in [2.05, 4.69) is 5.32 Å². The second kappa shape index (κ2) is 7.54. The lowest BCUT2D eigenvalue weighted by molar-refractivity contribution is -0.124. The number of nitrogens with zero attached hydrogens (tertiary/aromatic N) is 1. The van der Waals surface area contributed by atoms with Crippen molar-refractivity contribution in [1.29, 1.82) is 0 Å². The summed E-state index contributed by atoms with van der Waals surface area (Å²) < 4.78 is 31.9. The topological polar surface area (TPSA) is 75.7 Å². The van der Waals surface area contributed by atoms with Gasteiger partial charge in [0.25, 0.3) is 10.0 Å². The first-order chi connectivity index (χ1) is 10.5. The van der Waals surface area contributed by atoms with Gasteiger partial charge < -0.3 is 10.1 Å². The molecule has 1 saturated heterocycles. The summed E-state index contributed by atoms with van der Waals surface area (Å²) in [5, 5.41) is 2.80. The number of ether oxygens (including phenoxy) is 1. The number of sulfonamides is 1. The van der Waals surface area contributed by atoms with Crippen LogP contribution in [0.5, 0.6) is 0 Å². The number of hydrogen-bond donors (Lipinski definition) is 1. The van der Waals surface area contributed by atoms with Gasteiger partial charge in [-0.15, -0.1) is 11.3 Å². The first-order valence-corrected chi connectivity index (χ1v) is 9.57. The Hall–Kier alpha value is -0.960. The average molecular weight is 346 g/mol. The monoisotopic (exact) mass is 346 g/mol. The third-order valence-electron chi connectivity index (χ3n) is 3.61. The molecule has 0 aliphatic carbocycles. The van der Waals surface area contributed by atoms with E-state index in [-0.39, 0.29) is 5.91 Å². The predicted molar refractivity (Wildman–Crippen MR) is 85.5 cm³/mol. The molecular weight excluding hydrogens is 324 g/mol. The summed E-state index contributed by atoms with van der Waals surface area (Å²) in [6.45, 7) is 3.33. The van der Waals surface area contributed by atoms with Crippen molar-refractivity contribution in [2.75, 3.05) is 26.8 Å². The molecule has 0 bridgehead atoms. The Balaban J connectivity index is 2.05. The molecule has 0 spiro atoms. The molecule has 1 aromatic heterocycles. The van der Waals surface area contributed by atoms with Gasteiger partial charge in [-0.1, -0.05) is 0 Å². The molecule has 1 N–H and O–H groups in total. The van der Waals surface area contributed by atoms with Crippen LogP contribution in [0.25, 0.3) is 0 Å². The first kappa shape index (κ1) is 17.4. The highest BCUT2D eigenvalue weighted by molar-refractivity contribution is 7.91. The van der Waals surface area contributed by atoms with Crippen molar-refractivity contribution < 1.29 is 17.9 Å². The zero-order valence-electron chi connectivity index (χ0n) is 12.9. The summed E-state index contributed by atoms with van der Waals surface area (Å²) in [6, 6.07) is 2.80. The van der Waals surface area contributed by atoms with Gasteiger partial charge in [0.1, 0.15) is 10.3 Å². The molecular formula is C14H22N2O4S2. The summed E-state index contributed by atoms with van der Waals surface area (Å²) in [7, 11) is -1.97. The molecule has 0 saturated carbocycles. The van der Waals surface area contributed by atoms with Gasteiger partial charge in [-0.05, 0) is 38.3 Å². The van der Waals surface area contributed by atoms with Crippen LogP contribution >= 0.6 is 11.3 Å². The van der Waals surface area contributed by atoms with Crippen molar-refractivity contribution in [2.45, 2.75) is 36.4 Å². The highest BCUT2D eigenvalue weighted by Gasteiger charge is 2.39. The number of carbonyl (C=O) groups is 1. The smallest absolute Gasteiger partial charge is 0.253 e. The van der Waals surface area contributed by atoms with E-state index in [1.165, 1.54) is 15.6 Å². The van der Waals surface area contributed by atoms with Crippen LogP contribution in [0.15, 0.2) is 16.3 Å². The third-order valence-corrected chi connectivity index (χ3v) is 6.99. The Bertz CT molecular complexity index is 612. The summed E-state index contributed by atoms with van der Waals surface area (Å²) in [5.74, 6) is -0.217. The van der Waals surface area contributed by atoms with Gasteiger partial charge in [0, 0.05) is 31.7 Å². The van der Waals surface area contributed by atoms with Crippen LogP contribution in [0.3, 0.4) is 0 Å². The number of amides is 1. The molecule has 22 heavy (non-hydrogen) atoms. The van der Waals surface area contributed by atoms with E-state index >= 15 is 0 Å².